The first kappa shape index (κ1) is 21.9. The van der Waals surface area contributed by atoms with Gasteiger partial charge in [-0.25, -0.2) is 4.79 Å². The molecule has 1 atom stereocenters. The van der Waals surface area contributed by atoms with Crippen LogP contribution < -0.4 is 20.1 Å². The summed E-state index contributed by atoms with van der Waals surface area (Å²) in [5.41, 5.74) is 2.87. The summed E-state index contributed by atoms with van der Waals surface area (Å²) >= 11 is 5.59. The van der Waals surface area contributed by atoms with Gasteiger partial charge >= 0.3 is 5.97 Å². The maximum absolute atomic E-state index is 12.1. The van der Waals surface area contributed by atoms with Crippen molar-refractivity contribution in [1.82, 2.24) is 5.32 Å². The molecule has 0 spiro atoms. The molecule has 2 aromatic rings. The Balaban J connectivity index is 1.80. The molecule has 1 unspecified atom stereocenters. The standard InChI is InChI=1S/C23H28N2O4S/c1-6-28-21(26)15-8-7-14(2)18(11-15)24-22(30)25-19-13-23(3,4)29-20-10-9-16(27-5)12-17(19)20/h7-12,19H,6,13H2,1-5H3,(H2,24,25,30). The molecule has 3 rings (SSSR count). The van der Waals surface area contributed by atoms with Crippen molar-refractivity contribution in [2.24, 2.45) is 0 Å². The summed E-state index contributed by atoms with van der Waals surface area (Å²) in [5.74, 6) is 1.22. The Morgan fingerprint density at radius 3 is 2.73 bits per heavy atom. The zero-order chi connectivity index (χ0) is 21.9. The minimum absolute atomic E-state index is 0.0487. The van der Waals surface area contributed by atoms with Crippen molar-refractivity contribution < 1.29 is 19.0 Å². The van der Waals surface area contributed by atoms with Crippen LogP contribution >= 0.6 is 12.2 Å². The molecule has 160 valence electrons. The molecule has 0 saturated carbocycles. The van der Waals surface area contributed by atoms with Crippen LogP contribution in [0.4, 0.5) is 5.69 Å². The highest BCUT2D eigenvalue weighted by atomic mass is 32.1. The second kappa shape index (κ2) is 8.92. The summed E-state index contributed by atoms with van der Waals surface area (Å²) in [7, 11) is 1.64. The summed E-state index contributed by atoms with van der Waals surface area (Å²) in [6, 6.07) is 11.1. The molecule has 0 aliphatic carbocycles. The fourth-order valence-corrected chi connectivity index (χ4v) is 3.76. The number of ether oxygens (including phenoxy) is 3. The minimum Gasteiger partial charge on any atom is -0.497 e. The quantitative estimate of drug-likeness (QED) is 0.525. The van der Waals surface area contributed by atoms with Gasteiger partial charge in [-0.15, -0.1) is 0 Å². The van der Waals surface area contributed by atoms with Crippen LogP contribution in [0.3, 0.4) is 0 Å². The van der Waals surface area contributed by atoms with Gasteiger partial charge in [-0.3, -0.25) is 0 Å². The summed E-state index contributed by atoms with van der Waals surface area (Å²) in [6.45, 7) is 8.18. The number of hydrogen-bond donors (Lipinski definition) is 2. The van der Waals surface area contributed by atoms with Crippen molar-refractivity contribution in [3.8, 4) is 11.5 Å². The molecule has 0 saturated heterocycles. The Morgan fingerprint density at radius 2 is 2.03 bits per heavy atom. The number of benzene rings is 2. The molecule has 7 heteroatoms. The summed E-state index contributed by atoms with van der Waals surface area (Å²) < 4.78 is 16.6. The van der Waals surface area contributed by atoms with Crippen LogP contribution in [0.25, 0.3) is 0 Å². The Bertz CT molecular complexity index is 958. The Labute approximate surface area is 182 Å². The van der Waals surface area contributed by atoms with Crippen LogP contribution in [-0.4, -0.2) is 30.4 Å². The number of thiocarbonyl (C=S) groups is 1. The van der Waals surface area contributed by atoms with Gasteiger partial charge in [-0.2, -0.15) is 0 Å². The average Bonchev–Trinajstić information content (AvgIpc) is 2.68. The summed E-state index contributed by atoms with van der Waals surface area (Å²) in [4.78, 5) is 12.1. The van der Waals surface area contributed by atoms with Gasteiger partial charge in [0.2, 0.25) is 0 Å². The SMILES string of the molecule is CCOC(=O)c1ccc(C)c(NC(=S)NC2CC(C)(C)Oc3ccc(OC)cc32)c1. The van der Waals surface area contributed by atoms with E-state index in [-0.39, 0.29) is 17.6 Å². The van der Waals surface area contributed by atoms with E-state index >= 15 is 0 Å². The number of carbonyl (C=O) groups excluding carboxylic acids is 1. The van der Waals surface area contributed by atoms with Gasteiger partial charge in [-0.05, 0) is 75.8 Å². The van der Waals surface area contributed by atoms with Crippen LogP contribution in [0.15, 0.2) is 36.4 Å². The lowest BCUT2D eigenvalue weighted by Gasteiger charge is -2.38. The van der Waals surface area contributed by atoms with Crippen molar-refractivity contribution in [3.63, 3.8) is 0 Å². The molecule has 30 heavy (non-hydrogen) atoms. The molecule has 0 aromatic heterocycles. The number of nitrogens with one attached hydrogen (secondary N) is 2. The lowest BCUT2D eigenvalue weighted by Crippen LogP contribution is -2.42. The van der Waals surface area contributed by atoms with E-state index in [0.29, 0.717) is 17.3 Å². The number of anilines is 1. The number of aryl methyl sites for hydroxylation is 1. The average molecular weight is 429 g/mol. The highest BCUT2D eigenvalue weighted by molar-refractivity contribution is 7.80. The number of hydrogen-bond acceptors (Lipinski definition) is 5. The third-order valence-corrected chi connectivity index (χ3v) is 5.20. The maximum atomic E-state index is 12.1. The van der Waals surface area contributed by atoms with E-state index in [1.54, 1.807) is 26.2 Å². The number of fused-ring (bicyclic) bond motifs is 1. The van der Waals surface area contributed by atoms with Crippen LogP contribution in [0, 0.1) is 6.92 Å². The molecule has 0 fully saturated rings. The van der Waals surface area contributed by atoms with Gasteiger partial charge in [0.1, 0.15) is 17.1 Å². The van der Waals surface area contributed by atoms with Gasteiger partial charge in [0.15, 0.2) is 5.11 Å². The third kappa shape index (κ3) is 5.02. The molecule has 2 aromatic carbocycles. The Morgan fingerprint density at radius 1 is 1.27 bits per heavy atom. The molecule has 0 amide bonds. The van der Waals surface area contributed by atoms with Crippen LogP contribution in [0.2, 0.25) is 0 Å². The monoisotopic (exact) mass is 428 g/mol. The molecule has 2 N–H and O–H groups in total. The number of carbonyl (C=O) groups is 1. The number of esters is 1. The highest BCUT2D eigenvalue weighted by Crippen LogP contribution is 2.41. The largest absolute Gasteiger partial charge is 0.497 e. The topological polar surface area (TPSA) is 68.8 Å². The van der Waals surface area contributed by atoms with E-state index in [4.69, 9.17) is 26.4 Å². The fraction of sp³-hybridized carbons (Fsp3) is 0.391. The first-order chi connectivity index (χ1) is 14.2. The zero-order valence-corrected chi connectivity index (χ0v) is 18.8. The third-order valence-electron chi connectivity index (χ3n) is 4.98. The molecule has 1 aliphatic heterocycles. The van der Waals surface area contributed by atoms with Crippen molar-refractivity contribution in [2.75, 3.05) is 19.0 Å². The zero-order valence-electron chi connectivity index (χ0n) is 18.0. The van der Waals surface area contributed by atoms with E-state index in [2.05, 4.69) is 24.5 Å². The molecule has 0 bridgehead atoms. The van der Waals surface area contributed by atoms with E-state index < -0.39 is 0 Å². The minimum atomic E-state index is -0.355. The Hall–Kier alpha value is -2.80. The van der Waals surface area contributed by atoms with Gasteiger partial charge < -0.3 is 24.8 Å². The van der Waals surface area contributed by atoms with Gasteiger partial charge in [-0.1, -0.05) is 6.07 Å². The molecule has 6 nitrogen and oxygen atoms in total. The van der Waals surface area contributed by atoms with Gasteiger partial charge in [0, 0.05) is 17.7 Å². The summed E-state index contributed by atoms with van der Waals surface area (Å²) in [5, 5.41) is 7.09. The van der Waals surface area contributed by atoms with Crippen LogP contribution in [0.1, 0.15) is 54.7 Å². The van der Waals surface area contributed by atoms with Crippen molar-refractivity contribution in [1.29, 1.82) is 0 Å². The van der Waals surface area contributed by atoms with Crippen molar-refractivity contribution >= 4 is 29.0 Å². The Kier molecular flexibility index (Phi) is 6.51. The van der Waals surface area contributed by atoms with Crippen LogP contribution in [-0.2, 0) is 4.74 Å². The second-order valence-electron chi connectivity index (χ2n) is 7.87. The molecular formula is C23H28N2O4S. The highest BCUT2D eigenvalue weighted by Gasteiger charge is 2.34. The van der Waals surface area contributed by atoms with E-state index in [1.807, 2.05) is 31.2 Å². The smallest absolute Gasteiger partial charge is 0.338 e. The van der Waals surface area contributed by atoms with Crippen molar-refractivity contribution in [2.45, 2.75) is 45.8 Å². The van der Waals surface area contributed by atoms with E-state index in [9.17, 15) is 4.79 Å². The van der Waals surface area contributed by atoms with Gasteiger partial charge in [0.25, 0.3) is 0 Å². The molecular weight excluding hydrogens is 400 g/mol. The summed E-state index contributed by atoms with van der Waals surface area (Å²) in [6.07, 6.45) is 0.733. The first-order valence-corrected chi connectivity index (χ1v) is 10.4. The molecule has 1 aliphatic rings. The maximum Gasteiger partial charge on any atom is 0.338 e. The lowest BCUT2D eigenvalue weighted by molar-refractivity contribution is 0.0526. The normalized spacial score (nSPS) is 16.6. The predicted octanol–water partition coefficient (Wildman–Crippen LogP) is 4.77. The fourth-order valence-electron chi connectivity index (χ4n) is 3.50. The van der Waals surface area contributed by atoms with Crippen molar-refractivity contribution in [3.05, 3.63) is 53.1 Å². The molecule has 0 radical (unpaired) electrons. The number of methoxy groups -OCH3 is 1. The van der Waals surface area contributed by atoms with E-state index in [0.717, 1.165) is 34.7 Å². The number of rotatable bonds is 5. The second-order valence-corrected chi connectivity index (χ2v) is 8.28. The first-order valence-electron chi connectivity index (χ1n) is 9.94. The van der Waals surface area contributed by atoms with Crippen LogP contribution in [0.5, 0.6) is 11.5 Å². The predicted molar refractivity (Wildman–Crippen MR) is 122 cm³/mol. The molecule has 1 heterocycles. The van der Waals surface area contributed by atoms with E-state index in [1.165, 1.54) is 0 Å². The lowest BCUT2D eigenvalue weighted by atomic mass is 9.89. The van der Waals surface area contributed by atoms with Gasteiger partial charge in [0.05, 0.1) is 25.3 Å².